The Hall–Kier alpha value is -2.95. The number of aromatic amines is 1. The summed E-state index contributed by atoms with van der Waals surface area (Å²) in [6, 6.07) is 17.7. The zero-order valence-electron chi connectivity index (χ0n) is 14.5. The van der Waals surface area contributed by atoms with E-state index in [-0.39, 0.29) is 11.5 Å². The van der Waals surface area contributed by atoms with E-state index in [1.54, 1.807) is 6.07 Å². The Morgan fingerprint density at radius 3 is 2.58 bits per heavy atom. The van der Waals surface area contributed by atoms with Crippen LogP contribution >= 0.6 is 0 Å². The van der Waals surface area contributed by atoms with E-state index in [9.17, 15) is 9.59 Å². The number of hydrogen-bond donors (Lipinski definition) is 1. The second kappa shape index (κ2) is 7.12. The Kier molecular flexibility index (Phi) is 4.52. The van der Waals surface area contributed by atoms with Gasteiger partial charge in [0.05, 0.1) is 10.9 Å². The normalized spacial score (nSPS) is 13.7. The lowest BCUT2D eigenvalue weighted by molar-refractivity contribution is -0.132. The van der Waals surface area contributed by atoms with Crippen LogP contribution in [0, 0.1) is 0 Å². The summed E-state index contributed by atoms with van der Waals surface area (Å²) in [6.45, 7) is 0.645. The van der Waals surface area contributed by atoms with Crippen LogP contribution in [0.3, 0.4) is 0 Å². The van der Waals surface area contributed by atoms with Gasteiger partial charge in [-0.2, -0.15) is 0 Å². The maximum Gasteiger partial charge on any atom is 0.258 e. The number of nitrogens with one attached hydrogen (secondary N) is 1. The van der Waals surface area contributed by atoms with Crippen molar-refractivity contribution in [2.24, 2.45) is 0 Å². The fraction of sp³-hybridized carbons (Fsp3) is 0.286. The summed E-state index contributed by atoms with van der Waals surface area (Å²) in [5.41, 5.74) is 1.66. The molecule has 0 atom stereocenters. The zero-order valence-corrected chi connectivity index (χ0v) is 14.5. The van der Waals surface area contributed by atoms with Crippen molar-refractivity contribution in [3.8, 4) is 0 Å². The summed E-state index contributed by atoms with van der Waals surface area (Å²) in [6.07, 6.45) is 2.94. The third-order valence-corrected chi connectivity index (χ3v) is 4.74. The van der Waals surface area contributed by atoms with Gasteiger partial charge in [-0.15, -0.1) is 0 Å². The maximum atomic E-state index is 12.8. The summed E-state index contributed by atoms with van der Waals surface area (Å²) in [5.74, 6) is 0.685. The number of carbonyl (C=O) groups is 1. The molecule has 0 aliphatic heterocycles. The number of rotatable bonds is 6. The Morgan fingerprint density at radius 1 is 1.08 bits per heavy atom. The number of hydrogen-bond acceptors (Lipinski definition) is 3. The Morgan fingerprint density at radius 2 is 1.81 bits per heavy atom. The molecule has 3 aromatic rings. The van der Waals surface area contributed by atoms with Gasteiger partial charge in [0.2, 0.25) is 5.91 Å². The number of H-pyrrole nitrogens is 1. The number of aromatic nitrogens is 2. The van der Waals surface area contributed by atoms with Crippen molar-refractivity contribution in [1.29, 1.82) is 0 Å². The topological polar surface area (TPSA) is 66.1 Å². The number of nitrogens with zero attached hydrogens (tertiary/aromatic N) is 2. The standard InChI is InChI=1S/C21H21N3O2/c25-20(24(16-10-11-16)14-15-6-2-1-3-7-15)13-12-19-22-18-9-5-4-8-17(18)21(26)23-19/h1-9,16H,10-14H2,(H,22,23,26). The van der Waals surface area contributed by atoms with Gasteiger partial charge in [-0.25, -0.2) is 4.98 Å². The van der Waals surface area contributed by atoms with Gasteiger partial charge >= 0.3 is 0 Å². The molecule has 1 heterocycles. The first kappa shape index (κ1) is 16.5. The van der Waals surface area contributed by atoms with Crippen LogP contribution in [0.2, 0.25) is 0 Å². The van der Waals surface area contributed by atoms with E-state index >= 15 is 0 Å². The molecule has 1 amide bonds. The van der Waals surface area contributed by atoms with Crippen molar-refractivity contribution in [1.82, 2.24) is 14.9 Å². The molecule has 1 aromatic heterocycles. The first-order valence-electron chi connectivity index (χ1n) is 9.02. The molecule has 0 bridgehead atoms. The number of benzene rings is 2. The third-order valence-electron chi connectivity index (χ3n) is 4.74. The largest absolute Gasteiger partial charge is 0.335 e. The van der Waals surface area contributed by atoms with E-state index in [0.29, 0.717) is 42.2 Å². The highest BCUT2D eigenvalue weighted by Gasteiger charge is 2.32. The van der Waals surface area contributed by atoms with Crippen molar-refractivity contribution >= 4 is 16.8 Å². The van der Waals surface area contributed by atoms with E-state index in [2.05, 4.69) is 9.97 Å². The maximum absolute atomic E-state index is 12.8. The van der Waals surface area contributed by atoms with Crippen molar-refractivity contribution in [3.05, 3.63) is 76.3 Å². The molecule has 0 saturated heterocycles. The molecule has 5 nitrogen and oxygen atoms in total. The van der Waals surface area contributed by atoms with E-state index in [1.165, 1.54) is 0 Å². The molecule has 26 heavy (non-hydrogen) atoms. The molecule has 0 radical (unpaired) electrons. The van der Waals surface area contributed by atoms with Gasteiger partial charge in [0.1, 0.15) is 5.82 Å². The van der Waals surface area contributed by atoms with Crippen molar-refractivity contribution in [2.75, 3.05) is 0 Å². The van der Waals surface area contributed by atoms with E-state index in [4.69, 9.17) is 0 Å². The molecule has 1 aliphatic carbocycles. The average Bonchev–Trinajstić information content (AvgIpc) is 3.50. The first-order chi connectivity index (χ1) is 12.7. The van der Waals surface area contributed by atoms with Crippen molar-refractivity contribution in [3.63, 3.8) is 0 Å². The van der Waals surface area contributed by atoms with Gasteiger partial charge in [-0.1, -0.05) is 42.5 Å². The van der Waals surface area contributed by atoms with Crippen LogP contribution in [0.4, 0.5) is 0 Å². The Balaban J connectivity index is 1.46. The number of aryl methyl sites for hydroxylation is 1. The molecule has 0 unspecified atom stereocenters. The molecule has 5 heteroatoms. The lowest BCUT2D eigenvalue weighted by atomic mass is 10.2. The van der Waals surface area contributed by atoms with E-state index in [1.807, 2.05) is 53.4 Å². The number of para-hydroxylation sites is 1. The fourth-order valence-corrected chi connectivity index (χ4v) is 3.21. The zero-order chi connectivity index (χ0) is 17.9. The summed E-state index contributed by atoms with van der Waals surface area (Å²) in [5, 5.41) is 0.575. The van der Waals surface area contributed by atoms with Crippen LogP contribution in [-0.2, 0) is 17.8 Å². The molecule has 0 spiro atoms. The highest BCUT2D eigenvalue weighted by atomic mass is 16.2. The summed E-state index contributed by atoms with van der Waals surface area (Å²) >= 11 is 0. The molecule has 132 valence electrons. The molecule has 1 N–H and O–H groups in total. The van der Waals surface area contributed by atoms with Gasteiger partial charge in [-0.05, 0) is 30.5 Å². The quantitative estimate of drug-likeness (QED) is 0.745. The summed E-state index contributed by atoms with van der Waals surface area (Å²) in [4.78, 5) is 34.2. The number of amides is 1. The number of fused-ring (bicyclic) bond motifs is 1. The lowest BCUT2D eigenvalue weighted by Gasteiger charge is -2.22. The third kappa shape index (κ3) is 3.67. The predicted molar refractivity (Wildman–Crippen MR) is 101 cm³/mol. The Labute approximate surface area is 151 Å². The molecule has 1 fully saturated rings. The average molecular weight is 347 g/mol. The minimum absolute atomic E-state index is 0.118. The highest BCUT2D eigenvalue weighted by molar-refractivity contribution is 5.78. The molecule has 1 aliphatic rings. The monoisotopic (exact) mass is 347 g/mol. The second-order valence-electron chi connectivity index (χ2n) is 6.77. The van der Waals surface area contributed by atoms with Crippen LogP contribution in [-0.4, -0.2) is 26.8 Å². The molecular weight excluding hydrogens is 326 g/mol. The summed E-state index contributed by atoms with van der Waals surface area (Å²) < 4.78 is 0. The van der Waals surface area contributed by atoms with Gasteiger partial charge in [0.15, 0.2) is 0 Å². The minimum atomic E-state index is -0.151. The van der Waals surface area contributed by atoms with Crippen LogP contribution in [0.1, 0.15) is 30.7 Å². The smallest absolute Gasteiger partial charge is 0.258 e. The van der Waals surface area contributed by atoms with Crippen LogP contribution in [0.25, 0.3) is 10.9 Å². The number of carbonyl (C=O) groups excluding carboxylic acids is 1. The van der Waals surface area contributed by atoms with Crippen molar-refractivity contribution < 1.29 is 4.79 Å². The lowest BCUT2D eigenvalue weighted by Crippen LogP contribution is -2.33. The first-order valence-corrected chi connectivity index (χ1v) is 9.02. The molecule has 4 rings (SSSR count). The van der Waals surface area contributed by atoms with Crippen LogP contribution in [0.15, 0.2) is 59.4 Å². The minimum Gasteiger partial charge on any atom is -0.335 e. The summed E-state index contributed by atoms with van der Waals surface area (Å²) in [7, 11) is 0. The van der Waals surface area contributed by atoms with Gasteiger partial charge in [0, 0.05) is 25.4 Å². The van der Waals surface area contributed by atoms with E-state index in [0.717, 1.165) is 18.4 Å². The second-order valence-corrected chi connectivity index (χ2v) is 6.77. The van der Waals surface area contributed by atoms with Gasteiger partial charge < -0.3 is 9.88 Å². The highest BCUT2D eigenvalue weighted by Crippen LogP contribution is 2.29. The van der Waals surface area contributed by atoms with Gasteiger partial charge in [0.25, 0.3) is 5.56 Å². The molecule has 1 saturated carbocycles. The van der Waals surface area contributed by atoms with Crippen LogP contribution in [0.5, 0.6) is 0 Å². The predicted octanol–water partition coefficient (Wildman–Crippen LogP) is 3.05. The Bertz CT molecular complexity index is 977. The van der Waals surface area contributed by atoms with Crippen LogP contribution < -0.4 is 5.56 Å². The van der Waals surface area contributed by atoms with Gasteiger partial charge in [-0.3, -0.25) is 9.59 Å². The SMILES string of the molecule is O=C(CCc1nc2ccccc2c(=O)[nH]1)N(Cc1ccccc1)C1CC1. The van der Waals surface area contributed by atoms with Crippen molar-refractivity contribution in [2.45, 2.75) is 38.3 Å². The fourth-order valence-electron chi connectivity index (χ4n) is 3.21. The van der Waals surface area contributed by atoms with E-state index < -0.39 is 0 Å². The molecular formula is C21H21N3O2. The molecule has 2 aromatic carbocycles.